The summed E-state index contributed by atoms with van der Waals surface area (Å²) in [7, 11) is 1.91. The highest BCUT2D eigenvalue weighted by molar-refractivity contribution is 5.95. The molecule has 2 fully saturated rings. The van der Waals surface area contributed by atoms with Gasteiger partial charge in [-0.1, -0.05) is 19.3 Å². The van der Waals surface area contributed by atoms with Crippen molar-refractivity contribution in [3.63, 3.8) is 0 Å². The molecule has 20 heavy (non-hydrogen) atoms. The van der Waals surface area contributed by atoms with Crippen LogP contribution in [0.2, 0.25) is 0 Å². The van der Waals surface area contributed by atoms with Crippen LogP contribution in [0.15, 0.2) is 0 Å². The van der Waals surface area contributed by atoms with E-state index in [0.717, 1.165) is 38.8 Å². The number of likely N-dealkylation sites (N-methyl/N-ethyl adjacent to an activating group) is 1. The molecule has 1 aliphatic heterocycles. The summed E-state index contributed by atoms with van der Waals surface area (Å²) in [6, 6.07) is 0.291. The third-order valence-electron chi connectivity index (χ3n) is 3.97. The van der Waals surface area contributed by atoms with Crippen LogP contribution >= 0.6 is 12.4 Å². The van der Waals surface area contributed by atoms with Crippen LogP contribution in [0.3, 0.4) is 0 Å². The molecule has 2 aliphatic rings. The van der Waals surface area contributed by atoms with Crippen LogP contribution in [0, 0.1) is 0 Å². The molecule has 0 atom stereocenters. The number of halogens is 1. The number of hydrogen-bond donors (Lipinski definition) is 3. The van der Waals surface area contributed by atoms with Crippen molar-refractivity contribution in [2.45, 2.75) is 44.2 Å². The van der Waals surface area contributed by atoms with Gasteiger partial charge in [0.25, 0.3) is 0 Å². The third kappa shape index (κ3) is 5.26. The summed E-state index contributed by atoms with van der Waals surface area (Å²) in [5.41, 5.74) is 0. The average molecular weight is 305 g/mol. The molecule has 3 N–H and O–H groups in total. The Balaban J connectivity index is 0.00000200. The number of carbonyl (C=O) groups excluding carboxylic acids is 2. The maximum Gasteiger partial charge on any atom is 0.321 e. The van der Waals surface area contributed by atoms with E-state index in [1.165, 1.54) is 6.42 Å². The lowest BCUT2D eigenvalue weighted by atomic mass is 9.96. The number of urea groups is 1. The second-order valence-corrected chi connectivity index (χ2v) is 5.58. The van der Waals surface area contributed by atoms with E-state index in [9.17, 15) is 9.59 Å². The molecular formula is C13H25ClN4O2. The molecule has 0 spiro atoms. The van der Waals surface area contributed by atoms with Gasteiger partial charge in [0.05, 0.1) is 6.54 Å². The second kappa shape index (κ2) is 8.44. The summed E-state index contributed by atoms with van der Waals surface area (Å²) >= 11 is 0. The predicted molar refractivity (Wildman–Crippen MR) is 80.1 cm³/mol. The fraction of sp³-hybridized carbons (Fsp3) is 0.846. The second-order valence-electron chi connectivity index (χ2n) is 5.58. The number of nitrogens with one attached hydrogen (secondary N) is 3. The maximum absolute atomic E-state index is 11.7. The summed E-state index contributed by atoms with van der Waals surface area (Å²) in [5.74, 6) is -0.234. The van der Waals surface area contributed by atoms with Gasteiger partial charge >= 0.3 is 6.03 Å². The molecule has 0 radical (unpaired) electrons. The number of hydrogen-bond acceptors (Lipinski definition) is 4. The molecule has 0 aromatic heterocycles. The zero-order chi connectivity index (χ0) is 13.7. The van der Waals surface area contributed by atoms with E-state index in [2.05, 4.69) is 16.0 Å². The number of amides is 3. The Hall–Kier alpha value is -0.850. The standard InChI is InChI=1S/C13H24N4O2.ClH/c1-17(11-7-14-8-11)9-12(18)16-13(19)15-10-5-3-2-4-6-10;/h10-11,14H,2-9H2,1H3,(H2,15,16,18,19);1H. The van der Waals surface area contributed by atoms with Gasteiger partial charge in [-0.2, -0.15) is 0 Å². The minimum absolute atomic E-state index is 0. The van der Waals surface area contributed by atoms with Gasteiger partial charge in [0.2, 0.25) is 5.91 Å². The Bertz CT molecular complexity index is 316. The zero-order valence-electron chi connectivity index (χ0n) is 12.0. The highest BCUT2D eigenvalue weighted by Gasteiger charge is 2.24. The van der Waals surface area contributed by atoms with E-state index in [0.29, 0.717) is 6.04 Å². The van der Waals surface area contributed by atoms with Crippen molar-refractivity contribution in [2.75, 3.05) is 26.7 Å². The van der Waals surface area contributed by atoms with E-state index in [4.69, 9.17) is 0 Å². The molecule has 2 rings (SSSR count). The quantitative estimate of drug-likeness (QED) is 0.706. The molecule has 0 aromatic carbocycles. The Morgan fingerprint density at radius 3 is 2.40 bits per heavy atom. The molecular weight excluding hydrogens is 280 g/mol. The summed E-state index contributed by atoms with van der Waals surface area (Å²) in [6.45, 7) is 2.10. The van der Waals surface area contributed by atoms with Crippen molar-refractivity contribution in [3.8, 4) is 0 Å². The Labute approximate surface area is 126 Å². The van der Waals surface area contributed by atoms with Crippen LogP contribution in [0.25, 0.3) is 0 Å². The van der Waals surface area contributed by atoms with Crippen molar-refractivity contribution >= 4 is 24.3 Å². The van der Waals surface area contributed by atoms with E-state index in [1.807, 2.05) is 11.9 Å². The molecule has 3 amide bonds. The van der Waals surface area contributed by atoms with Crippen molar-refractivity contribution in [1.82, 2.24) is 20.9 Å². The topological polar surface area (TPSA) is 73.5 Å². The Morgan fingerprint density at radius 2 is 1.85 bits per heavy atom. The fourth-order valence-electron chi connectivity index (χ4n) is 2.58. The summed E-state index contributed by atoms with van der Waals surface area (Å²) in [6.07, 6.45) is 5.62. The van der Waals surface area contributed by atoms with Crippen molar-refractivity contribution < 1.29 is 9.59 Å². The van der Waals surface area contributed by atoms with Crippen molar-refractivity contribution in [2.24, 2.45) is 0 Å². The van der Waals surface area contributed by atoms with Gasteiger partial charge in [-0.05, 0) is 19.9 Å². The van der Waals surface area contributed by atoms with Crippen molar-refractivity contribution in [3.05, 3.63) is 0 Å². The monoisotopic (exact) mass is 304 g/mol. The number of rotatable bonds is 4. The first-order valence-corrected chi connectivity index (χ1v) is 7.16. The lowest BCUT2D eigenvalue weighted by molar-refractivity contribution is -0.121. The van der Waals surface area contributed by atoms with Gasteiger partial charge in [0.15, 0.2) is 0 Å². The van der Waals surface area contributed by atoms with Crippen LogP contribution in [-0.2, 0) is 4.79 Å². The molecule has 116 valence electrons. The van der Waals surface area contributed by atoms with Gasteiger partial charge in [0, 0.05) is 25.2 Å². The minimum atomic E-state index is -0.350. The lowest BCUT2D eigenvalue weighted by Gasteiger charge is -2.35. The van der Waals surface area contributed by atoms with Gasteiger partial charge in [-0.25, -0.2) is 4.79 Å². The fourth-order valence-corrected chi connectivity index (χ4v) is 2.58. The SMILES string of the molecule is CN(CC(=O)NC(=O)NC1CCCCC1)C1CNC1.Cl. The average Bonchev–Trinajstić information content (AvgIpc) is 2.26. The Morgan fingerprint density at radius 1 is 1.20 bits per heavy atom. The highest BCUT2D eigenvalue weighted by Crippen LogP contribution is 2.17. The molecule has 0 aromatic rings. The first-order valence-electron chi connectivity index (χ1n) is 7.16. The zero-order valence-corrected chi connectivity index (χ0v) is 12.8. The molecule has 7 heteroatoms. The highest BCUT2D eigenvalue weighted by atomic mass is 35.5. The van der Waals surface area contributed by atoms with Crippen LogP contribution in [0.1, 0.15) is 32.1 Å². The van der Waals surface area contributed by atoms with Crippen LogP contribution in [0.5, 0.6) is 0 Å². The largest absolute Gasteiger partial charge is 0.335 e. The van der Waals surface area contributed by atoms with Crippen LogP contribution in [0.4, 0.5) is 4.79 Å². The van der Waals surface area contributed by atoms with Gasteiger partial charge in [0.1, 0.15) is 0 Å². The van der Waals surface area contributed by atoms with E-state index < -0.39 is 0 Å². The number of imide groups is 1. The predicted octanol–water partition coefficient (Wildman–Crippen LogP) is 0.470. The lowest BCUT2D eigenvalue weighted by Crippen LogP contribution is -2.58. The Kier molecular flexibility index (Phi) is 7.26. The molecule has 0 unspecified atom stereocenters. The third-order valence-corrected chi connectivity index (χ3v) is 3.97. The summed E-state index contributed by atoms with van der Waals surface area (Å²) in [5, 5.41) is 8.45. The summed E-state index contributed by atoms with van der Waals surface area (Å²) < 4.78 is 0. The van der Waals surface area contributed by atoms with Crippen molar-refractivity contribution in [1.29, 1.82) is 0 Å². The normalized spacial score (nSPS) is 19.9. The van der Waals surface area contributed by atoms with Crippen LogP contribution < -0.4 is 16.0 Å². The maximum atomic E-state index is 11.7. The van der Waals surface area contributed by atoms with Gasteiger partial charge < -0.3 is 10.6 Å². The smallest absolute Gasteiger partial charge is 0.321 e. The number of carbonyl (C=O) groups is 2. The molecule has 1 aliphatic carbocycles. The van der Waals surface area contributed by atoms with E-state index in [1.54, 1.807) is 0 Å². The molecule has 6 nitrogen and oxygen atoms in total. The van der Waals surface area contributed by atoms with E-state index >= 15 is 0 Å². The molecule has 1 saturated carbocycles. The molecule has 1 heterocycles. The first-order chi connectivity index (χ1) is 9.15. The number of nitrogens with zero attached hydrogens (tertiary/aromatic N) is 1. The first kappa shape index (κ1) is 17.2. The molecule has 1 saturated heterocycles. The minimum Gasteiger partial charge on any atom is -0.335 e. The van der Waals surface area contributed by atoms with Gasteiger partial charge in [-0.3, -0.25) is 15.0 Å². The van der Waals surface area contributed by atoms with Crippen LogP contribution in [-0.4, -0.2) is 55.6 Å². The molecule has 0 bridgehead atoms. The van der Waals surface area contributed by atoms with Gasteiger partial charge in [-0.15, -0.1) is 12.4 Å². The van der Waals surface area contributed by atoms with E-state index in [-0.39, 0.29) is 36.9 Å². The summed E-state index contributed by atoms with van der Waals surface area (Å²) in [4.78, 5) is 25.4.